The summed E-state index contributed by atoms with van der Waals surface area (Å²) in [6.07, 6.45) is 4.84. The third-order valence-electron chi connectivity index (χ3n) is 6.18. The molecule has 8 heteroatoms. The summed E-state index contributed by atoms with van der Waals surface area (Å²) in [4.78, 5) is 16.7. The fraction of sp³-hybridized carbons (Fsp3) is 0.231. The number of hydrogen-bond donors (Lipinski definition) is 1. The Morgan fingerprint density at radius 3 is 2.76 bits per heavy atom. The second-order valence-electron chi connectivity index (χ2n) is 8.28. The van der Waals surface area contributed by atoms with Gasteiger partial charge in [0.25, 0.3) is 5.91 Å². The number of para-hydroxylation sites is 1. The number of aromatic nitrogens is 1. The number of carbonyl (C=O) groups excluding carboxylic acids is 1. The molecule has 5 rings (SSSR count). The number of fused-ring (bicyclic) bond motifs is 2. The molecule has 0 fully saturated rings. The summed E-state index contributed by atoms with van der Waals surface area (Å²) in [6, 6.07) is 16.3. The molecule has 1 amide bonds. The van der Waals surface area contributed by atoms with Crippen molar-refractivity contribution >= 4 is 51.2 Å². The van der Waals surface area contributed by atoms with Crippen LogP contribution in [-0.4, -0.2) is 38.6 Å². The molecule has 1 N–H and O–H groups in total. The highest BCUT2D eigenvalue weighted by Crippen LogP contribution is 2.28. The number of nitrogens with one attached hydrogen (secondary N) is 1. The monoisotopic (exact) mass is 471 g/mol. The smallest absolute Gasteiger partial charge is 0.283 e. The van der Waals surface area contributed by atoms with E-state index in [4.69, 9.17) is 10.1 Å². The zero-order chi connectivity index (χ0) is 23.7. The molecular weight excluding hydrogens is 446 g/mol. The Morgan fingerprint density at radius 1 is 1.18 bits per heavy atom. The van der Waals surface area contributed by atoms with E-state index >= 15 is 0 Å². The summed E-state index contributed by atoms with van der Waals surface area (Å²) in [5, 5.41) is 15.4. The van der Waals surface area contributed by atoms with E-state index in [-0.39, 0.29) is 11.4 Å². The highest BCUT2D eigenvalue weighted by Gasteiger charge is 2.32. The summed E-state index contributed by atoms with van der Waals surface area (Å²) in [5.41, 5.74) is 5.02. The fourth-order valence-electron chi connectivity index (χ4n) is 4.06. The van der Waals surface area contributed by atoms with Crippen molar-refractivity contribution in [2.45, 2.75) is 32.7 Å². The van der Waals surface area contributed by atoms with Crippen LogP contribution in [0, 0.1) is 5.41 Å². The van der Waals surface area contributed by atoms with Gasteiger partial charge in [0.15, 0.2) is 11.0 Å². The minimum absolute atomic E-state index is 0.0391. The number of hydrazone groups is 1. The minimum atomic E-state index is -0.421. The number of amides is 1. The quantitative estimate of drug-likeness (QED) is 0.462. The Labute approximate surface area is 202 Å². The molecule has 0 unspecified atom stereocenters. The molecule has 172 valence electrons. The Balaban J connectivity index is 1.36. The van der Waals surface area contributed by atoms with Crippen LogP contribution in [0.25, 0.3) is 17.0 Å². The number of hydrogen-bond acceptors (Lipinski definition) is 5. The average Bonchev–Trinajstić information content (AvgIpc) is 3.47. The van der Waals surface area contributed by atoms with Gasteiger partial charge in [0, 0.05) is 22.7 Å². The van der Waals surface area contributed by atoms with Gasteiger partial charge >= 0.3 is 0 Å². The highest BCUT2D eigenvalue weighted by atomic mass is 32.2. The predicted octanol–water partition coefficient (Wildman–Crippen LogP) is 5.48. The van der Waals surface area contributed by atoms with Gasteiger partial charge in [0.1, 0.15) is 12.4 Å². The van der Waals surface area contributed by atoms with Crippen LogP contribution in [0.3, 0.4) is 0 Å². The molecule has 3 aromatic rings. The molecule has 0 radical (unpaired) electrons. The molecule has 0 spiro atoms. The van der Waals surface area contributed by atoms with E-state index in [1.807, 2.05) is 42.6 Å². The second-order valence-corrected chi connectivity index (χ2v) is 9.09. The van der Waals surface area contributed by atoms with Gasteiger partial charge in [-0.25, -0.2) is 0 Å². The summed E-state index contributed by atoms with van der Waals surface area (Å²) >= 11 is 1.24. The van der Waals surface area contributed by atoms with Gasteiger partial charge in [-0.3, -0.25) is 10.2 Å². The normalized spacial score (nSPS) is 17.4. The topological polar surface area (TPSA) is 83.0 Å². The number of nitrogens with zero attached hydrogens (tertiary/aromatic N) is 4. The lowest BCUT2D eigenvalue weighted by molar-refractivity contribution is -0.114. The van der Waals surface area contributed by atoms with Crippen molar-refractivity contribution in [2.75, 3.05) is 6.61 Å². The lowest BCUT2D eigenvalue weighted by Gasteiger charge is -2.20. The number of benzene rings is 2. The first-order valence-electron chi connectivity index (χ1n) is 11.3. The van der Waals surface area contributed by atoms with Gasteiger partial charge in [0.05, 0.1) is 17.7 Å². The Hall–Kier alpha value is -3.65. The van der Waals surface area contributed by atoms with E-state index in [2.05, 4.69) is 40.6 Å². The van der Waals surface area contributed by atoms with Crippen molar-refractivity contribution in [1.29, 1.82) is 5.41 Å². The van der Waals surface area contributed by atoms with Crippen LogP contribution in [0.15, 0.2) is 70.4 Å². The van der Waals surface area contributed by atoms with Crippen LogP contribution in [0.2, 0.25) is 0 Å². The van der Waals surface area contributed by atoms with Crippen molar-refractivity contribution in [3.05, 3.63) is 71.4 Å². The molecule has 1 atom stereocenters. The van der Waals surface area contributed by atoms with Crippen molar-refractivity contribution in [3.8, 4) is 5.75 Å². The summed E-state index contributed by atoms with van der Waals surface area (Å²) in [5.74, 6) is 1.01. The molecule has 0 saturated heterocycles. The van der Waals surface area contributed by atoms with Gasteiger partial charge in [-0.1, -0.05) is 44.2 Å². The Bertz CT molecular complexity index is 1350. The molecule has 2 aliphatic rings. The summed E-state index contributed by atoms with van der Waals surface area (Å²) in [7, 11) is 0. The van der Waals surface area contributed by atoms with Crippen LogP contribution < -0.4 is 4.74 Å². The third-order valence-corrected chi connectivity index (χ3v) is 6.85. The number of thioether (sulfide) groups is 1. The van der Waals surface area contributed by atoms with E-state index in [1.54, 1.807) is 11.6 Å². The van der Waals surface area contributed by atoms with Crippen LogP contribution in [0.5, 0.6) is 5.75 Å². The molecule has 3 heterocycles. The van der Waals surface area contributed by atoms with Crippen molar-refractivity contribution in [2.24, 2.45) is 10.1 Å². The van der Waals surface area contributed by atoms with Crippen LogP contribution in [0.4, 0.5) is 0 Å². The first-order valence-corrected chi connectivity index (χ1v) is 12.2. The number of ether oxygens (including phenoxy) is 1. The van der Waals surface area contributed by atoms with Gasteiger partial charge < -0.3 is 9.30 Å². The maximum Gasteiger partial charge on any atom is 0.283 e. The number of aliphatic imine (C=N–C) groups is 1. The maximum absolute atomic E-state index is 12.6. The van der Waals surface area contributed by atoms with E-state index < -0.39 is 5.91 Å². The second kappa shape index (κ2) is 9.30. The van der Waals surface area contributed by atoms with Gasteiger partial charge in [-0.15, -0.1) is 0 Å². The average molecular weight is 472 g/mol. The first-order chi connectivity index (χ1) is 16.5. The van der Waals surface area contributed by atoms with Crippen molar-refractivity contribution < 1.29 is 9.53 Å². The number of rotatable bonds is 7. The minimum Gasteiger partial charge on any atom is -0.492 e. The molecule has 0 bridgehead atoms. The molecule has 0 saturated carbocycles. The molecule has 34 heavy (non-hydrogen) atoms. The van der Waals surface area contributed by atoms with Crippen molar-refractivity contribution in [1.82, 2.24) is 9.58 Å². The summed E-state index contributed by atoms with van der Waals surface area (Å²) in [6.45, 7) is 5.58. The Morgan fingerprint density at radius 2 is 1.97 bits per heavy atom. The van der Waals surface area contributed by atoms with E-state index in [0.29, 0.717) is 24.2 Å². The zero-order valence-corrected chi connectivity index (χ0v) is 19.9. The molecule has 7 nitrogen and oxygen atoms in total. The van der Waals surface area contributed by atoms with Crippen LogP contribution >= 0.6 is 11.8 Å². The predicted molar refractivity (Wildman–Crippen MR) is 139 cm³/mol. The molecule has 0 aliphatic carbocycles. The molecule has 1 aromatic heterocycles. The molecule has 2 aliphatic heterocycles. The third kappa shape index (κ3) is 4.17. The molecule has 2 aromatic carbocycles. The number of amidine groups is 2. The fourth-order valence-corrected chi connectivity index (χ4v) is 4.67. The van der Waals surface area contributed by atoms with Crippen LogP contribution in [-0.2, 0) is 11.3 Å². The van der Waals surface area contributed by atoms with Crippen LogP contribution in [0.1, 0.15) is 37.3 Å². The SMILES string of the molecule is CC[C@H](C)c1ccc(OCCn2cc(/C=C3/C(=N)N4N=CSC4=NC3=O)c3ccccc32)cc1. The van der Waals surface area contributed by atoms with Gasteiger partial charge in [-0.2, -0.15) is 15.1 Å². The zero-order valence-electron chi connectivity index (χ0n) is 19.1. The first kappa shape index (κ1) is 22.2. The summed E-state index contributed by atoms with van der Waals surface area (Å²) < 4.78 is 8.12. The van der Waals surface area contributed by atoms with E-state index in [9.17, 15) is 4.79 Å². The number of carbonyl (C=O) groups is 1. The van der Waals surface area contributed by atoms with Gasteiger partial charge in [-0.05, 0) is 53.9 Å². The van der Waals surface area contributed by atoms with Crippen molar-refractivity contribution in [3.63, 3.8) is 0 Å². The Kier molecular flexibility index (Phi) is 6.06. The lowest BCUT2D eigenvalue weighted by Crippen LogP contribution is -2.35. The van der Waals surface area contributed by atoms with E-state index in [0.717, 1.165) is 28.6 Å². The van der Waals surface area contributed by atoms with E-state index in [1.165, 1.54) is 22.3 Å². The van der Waals surface area contributed by atoms with Gasteiger partial charge in [0.2, 0.25) is 0 Å². The molecular formula is C26H25N5O2S. The highest BCUT2D eigenvalue weighted by molar-refractivity contribution is 8.25. The lowest BCUT2D eigenvalue weighted by atomic mass is 9.99. The largest absolute Gasteiger partial charge is 0.492 e. The maximum atomic E-state index is 12.6. The standard InChI is InChI=1S/C26H25N5O2S/c1-3-17(2)18-8-10-20(11-9-18)33-13-12-30-15-19(21-6-4-5-7-23(21)30)14-22-24(27)31-26(29-25(22)32)34-16-28-31/h4-11,14-17,27H,3,12-13H2,1-2H3/b22-14-,27-24?/t17-/m0/s1.